The first kappa shape index (κ1) is 20.3. The Kier molecular flexibility index (Phi) is 7.29. The Morgan fingerprint density at radius 3 is 2.08 bits per heavy atom. The van der Waals surface area contributed by atoms with E-state index in [1.807, 2.05) is 19.9 Å². The van der Waals surface area contributed by atoms with Crippen LogP contribution in [0.5, 0.6) is 23.0 Å². The lowest BCUT2D eigenvalue weighted by Crippen LogP contribution is -2.16. The molecule has 0 spiro atoms. The summed E-state index contributed by atoms with van der Waals surface area (Å²) in [4.78, 5) is 23.3. The van der Waals surface area contributed by atoms with Crippen molar-refractivity contribution in [2.45, 2.75) is 33.6 Å². The lowest BCUT2D eigenvalue weighted by Gasteiger charge is -2.20. The molecule has 0 aromatic heterocycles. The second-order valence-corrected chi connectivity index (χ2v) is 5.56. The molecule has 1 N–H and O–H groups in total. The predicted molar refractivity (Wildman–Crippen MR) is 91.4 cm³/mol. The maximum atomic E-state index is 12.0. The van der Waals surface area contributed by atoms with Gasteiger partial charge in [-0.15, -0.1) is 0 Å². The molecule has 0 radical (unpaired) electrons. The van der Waals surface area contributed by atoms with E-state index in [0.29, 0.717) is 17.5 Å². The quantitative estimate of drug-likeness (QED) is 0.349. The van der Waals surface area contributed by atoms with Crippen molar-refractivity contribution in [1.82, 2.24) is 0 Å². The molecule has 0 aliphatic heterocycles. The number of carbonyl (C=O) groups excluding carboxylic acids is 2. The fraction of sp³-hybridized carbons (Fsp3) is 0.444. The lowest BCUT2D eigenvalue weighted by molar-refractivity contribution is -0.148. The van der Waals surface area contributed by atoms with Gasteiger partial charge in [-0.3, -0.25) is 9.59 Å². The number of methoxy groups -OCH3 is 3. The van der Waals surface area contributed by atoms with Crippen molar-refractivity contribution >= 4 is 11.9 Å². The number of carbonyl (C=O) groups is 2. The third-order valence-electron chi connectivity index (χ3n) is 3.56. The van der Waals surface area contributed by atoms with Crippen molar-refractivity contribution in [2.24, 2.45) is 0 Å². The summed E-state index contributed by atoms with van der Waals surface area (Å²) in [6.45, 7) is 5.54. The van der Waals surface area contributed by atoms with Crippen molar-refractivity contribution in [3.8, 4) is 23.0 Å². The largest absolute Gasteiger partial charge is 0.504 e. The van der Waals surface area contributed by atoms with Gasteiger partial charge in [0.05, 0.1) is 21.3 Å². The molecule has 0 atom stereocenters. The molecular weight excluding hydrogens is 328 g/mol. The van der Waals surface area contributed by atoms with E-state index in [-0.39, 0.29) is 23.0 Å². The van der Waals surface area contributed by atoms with E-state index >= 15 is 0 Å². The minimum absolute atomic E-state index is 0.0572. The zero-order valence-corrected chi connectivity index (χ0v) is 15.4. The number of rotatable bonds is 7. The maximum absolute atomic E-state index is 12.0. The number of phenols is 1. The molecule has 0 unspecified atom stereocenters. The van der Waals surface area contributed by atoms with E-state index in [9.17, 15) is 14.7 Å². The van der Waals surface area contributed by atoms with Crippen molar-refractivity contribution in [3.63, 3.8) is 0 Å². The number of aromatic hydroxyl groups is 1. The molecule has 138 valence electrons. The molecule has 0 aliphatic rings. The molecule has 0 amide bonds. The standard InChI is InChI=1S/C18H24O7/c1-10(2)7-8-12-11(3)15(21)17(23-5)18(24-6)16(12)25-14(20)9-13(19)22-4/h7,21H,8-9H2,1-6H3. The Morgan fingerprint density at radius 1 is 1.00 bits per heavy atom. The molecule has 25 heavy (non-hydrogen) atoms. The van der Waals surface area contributed by atoms with E-state index < -0.39 is 18.4 Å². The van der Waals surface area contributed by atoms with E-state index in [1.54, 1.807) is 6.92 Å². The summed E-state index contributed by atoms with van der Waals surface area (Å²) in [5.41, 5.74) is 2.12. The van der Waals surface area contributed by atoms with Crippen LogP contribution >= 0.6 is 0 Å². The van der Waals surface area contributed by atoms with Gasteiger partial charge in [0.15, 0.2) is 11.5 Å². The van der Waals surface area contributed by atoms with Crippen LogP contribution in [-0.2, 0) is 20.7 Å². The third kappa shape index (κ3) is 4.89. The van der Waals surface area contributed by atoms with Gasteiger partial charge < -0.3 is 24.1 Å². The zero-order chi connectivity index (χ0) is 19.1. The van der Waals surface area contributed by atoms with Crippen LogP contribution in [0.25, 0.3) is 0 Å². The number of benzene rings is 1. The van der Waals surface area contributed by atoms with E-state index in [1.165, 1.54) is 21.3 Å². The van der Waals surface area contributed by atoms with E-state index in [4.69, 9.17) is 14.2 Å². The fourth-order valence-corrected chi connectivity index (χ4v) is 2.21. The first-order chi connectivity index (χ1) is 11.8. The summed E-state index contributed by atoms with van der Waals surface area (Å²) in [6.07, 6.45) is 1.79. The number of ether oxygens (including phenoxy) is 4. The highest BCUT2D eigenvalue weighted by molar-refractivity contribution is 5.92. The van der Waals surface area contributed by atoms with Crippen LogP contribution in [0.15, 0.2) is 11.6 Å². The number of allylic oxidation sites excluding steroid dienone is 2. The minimum atomic E-state index is -0.796. The minimum Gasteiger partial charge on any atom is -0.504 e. The van der Waals surface area contributed by atoms with Gasteiger partial charge in [0.25, 0.3) is 0 Å². The van der Waals surface area contributed by atoms with Gasteiger partial charge in [0, 0.05) is 11.1 Å². The summed E-state index contributed by atoms with van der Waals surface area (Å²) in [7, 11) is 3.92. The lowest BCUT2D eigenvalue weighted by atomic mass is 10.0. The van der Waals surface area contributed by atoms with Gasteiger partial charge in [0.1, 0.15) is 6.42 Å². The van der Waals surface area contributed by atoms with Crippen LogP contribution in [0, 0.1) is 6.92 Å². The van der Waals surface area contributed by atoms with Crippen molar-refractivity contribution < 1.29 is 33.6 Å². The Balaban J connectivity index is 3.47. The Hall–Kier alpha value is -2.70. The summed E-state index contributed by atoms with van der Waals surface area (Å²) in [5, 5.41) is 10.4. The van der Waals surface area contributed by atoms with Gasteiger partial charge in [-0.25, -0.2) is 0 Å². The summed E-state index contributed by atoms with van der Waals surface area (Å²) >= 11 is 0. The molecule has 1 rings (SSSR count). The SMILES string of the molecule is COC(=O)CC(=O)Oc1c(CC=C(C)C)c(C)c(O)c(OC)c1OC. The zero-order valence-electron chi connectivity index (χ0n) is 15.4. The molecule has 7 heteroatoms. The van der Waals surface area contributed by atoms with Crippen LogP contribution in [0.3, 0.4) is 0 Å². The molecule has 0 saturated heterocycles. The van der Waals surface area contributed by atoms with Gasteiger partial charge in [-0.2, -0.15) is 0 Å². The predicted octanol–water partition coefficient (Wildman–Crippen LogP) is 2.70. The molecule has 0 bridgehead atoms. The van der Waals surface area contributed by atoms with Gasteiger partial charge in [-0.05, 0) is 27.2 Å². The normalized spacial score (nSPS) is 10.0. The van der Waals surface area contributed by atoms with Gasteiger partial charge >= 0.3 is 11.9 Å². The Bertz CT molecular complexity index is 685. The summed E-state index contributed by atoms with van der Waals surface area (Å²) < 4.78 is 20.3. The first-order valence-electron chi connectivity index (χ1n) is 7.63. The van der Waals surface area contributed by atoms with Gasteiger partial charge in [-0.1, -0.05) is 11.6 Å². The Morgan fingerprint density at radius 2 is 1.60 bits per heavy atom. The third-order valence-corrected chi connectivity index (χ3v) is 3.56. The van der Waals surface area contributed by atoms with E-state index in [0.717, 1.165) is 5.57 Å². The fourth-order valence-electron chi connectivity index (χ4n) is 2.21. The maximum Gasteiger partial charge on any atom is 0.322 e. The highest BCUT2D eigenvalue weighted by Gasteiger charge is 2.26. The molecule has 7 nitrogen and oxygen atoms in total. The number of hydrogen-bond acceptors (Lipinski definition) is 7. The monoisotopic (exact) mass is 352 g/mol. The number of esters is 2. The van der Waals surface area contributed by atoms with Crippen LogP contribution in [-0.4, -0.2) is 38.4 Å². The molecular formula is C18H24O7. The van der Waals surface area contributed by atoms with E-state index in [2.05, 4.69) is 4.74 Å². The first-order valence-corrected chi connectivity index (χ1v) is 7.63. The molecule has 0 saturated carbocycles. The van der Waals surface area contributed by atoms with Crippen molar-refractivity contribution in [1.29, 1.82) is 0 Å². The van der Waals surface area contributed by atoms with Crippen molar-refractivity contribution in [3.05, 3.63) is 22.8 Å². The average molecular weight is 352 g/mol. The molecule has 0 aliphatic carbocycles. The van der Waals surface area contributed by atoms with Gasteiger partial charge in [0.2, 0.25) is 11.5 Å². The molecule has 0 heterocycles. The van der Waals surface area contributed by atoms with Crippen LogP contribution in [0.2, 0.25) is 0 Å². The second-order valence-electron chi connectivity index (χ2n) is 5.56. The highest BCUT2D eigenvalue weighted by atomic mass is 16.6. The van der Waals surface area contributed by atoms with Crippen molar-refractivity contribution in [2.75, 3.05) is 21.3 Å². The number of hydrogen-bond donors (Lipinski definition) is 1. The second kappa shape index (κ2) is 8.96. The molecule has 0 fully saturated rings. The highest BCUT2D eigenvalue weighted by Crippen LogP contribution is 2.49. The van der Waals surface area contributed by atoms with Crippen LogP contribution < -0.4 is 14.2 Å². The number of phenolic OH excluding ortho intramolecular Hbond substituents is 1. The Labute approximate surface area is 147 Å². The summed E-state index contributed by atoms with van der Waals surface area (Å²) in [5.74, 6) is -1.35. The topological polar surface area (TPSA) is 91.3 Å². The molecule has 1 aromatic carbocycles. The summed E-state index contributed by atoms with van der Waals surface area (Å²) in [6, 6.07) is 0. The van der Waals surface area contributed by atoms with Crippen LogP contribution in [0.4, 0.5) is 0 Å². The average Bonchev–Trinajstić information content (AvgIpc) is 2.56. The van der Waals surface area contributed by atoms with Crippen LogP contribution in [0.1, 0.15) is 31.4 Å². The smallest absolute Gasteiger partial charge is 0.322 e. The molecule has 1 aromatic rings.